The summed E-state index contributed by atoms with van der Waals surface area (Å²) in [7, 11) is 0. The van der Waals surface area contributed by atoms with Crippen molar-refractivity contribution in [2.24, 2.45) is 0 Å². The third-order valence-electron chi connectivity index (χ3n) is 3.61. The molecule has 2 rings (SSSR count). The predicted molar refractivity (Wildman–Crippen MR) is 103 cm³/mol. The van der Waals surface area contributed by atoms with Crippen molar-refractivity contribution >= 4 is 34.4 Å². The third kappa shape index (κ3) is 7.87. The van der Waals surface area contributed by atoms with Crippen molar-refractivity contribution in [1.29, 1.82) is 0 Å². The number of anilines is 1. The summed E-state index contributed by atoms with van der Waals surface area (Å²) in [6.45, 7) is 0.851. The topological polar surface area (TPSA) is 120 Å². The first-order valence-corrected chi connectivity index (χ1v) is 9.47. The van der Waals surface area contributed by atoms with E-state index in [0.29, 0.717) is 31.1 Å². The lowest BCUT2D eigenvalue weighted by molar-refractivity contribution is -0.137. The molecule has 0 bridgehead atoms. The number of benzene rings is 1. The van der Waals surface area contributed by atoms with E-state index in [2.05, 4.69) is 20.9 Å². The quantitative estimate of drug-likeness (QED) is 0.465. The van der Waals surface area contributed by atoms with E-state index in [4.69, 9.17) is 5.11 Å². The van der Waals surface area contributed by atoms with E-state index in [1.165, 1.54) is 11.3 Å². The Hall–Kier alpha value is -2.94. The van der Waals surface area contributed by atoms with Crippen LogP contribution >= 0.6 is 11.3 Å². The molecular weight excluding hydrogens is 368 g/mol. The Balaban J connectivity index is 1.68. The summed E-state index contributed by atoms with van der Waals surface area (Å²) in [6, 6.07) is 9.13. The molecule has 0 aliphatic carbocycles. The van der Waals surface area contributed by atoms with E-state index < -0.39 is 12.0 Å². The number of aliphatic carboxylic acids is 1. The van der Waals surface area contributed by atoms with Crippen molar-refractivity contribution in [3.05, 3.63) is 47.0 Å². The summed E-state index contributed by atoms with van der Waals surface area (Å²) < 4.78 is 0. The first-order valence-electron chi connectivity index (χ1n) is 8.59. The van der Waals surface area contributed by atoms with E-state index in [0.717, 1.165) is 12.0 Å². The number of amides is 3. The Labute approximate surface area is 161 Å². The molecule has 0 radical (unpaired) electrons. The van der Waals surface area contributed by atoms with E-state index >= 15 is 0 Å². The van der Waals surface area contributed by atoms with Crippen LogP contribution in [0.5, 0.6) is 0 Å². The summed E-state index contributed by atoms with van der Waals surface area (Å²) >= 11 is 1.17. The standard InChI is InChI=1S/C18H22N4O4S/c23-15(24)9-5-2-6-10-19-16(25)14-12-27-18(21-14)22-17(26)20-11-13-7-3-1-4-8-13/h1,3-4,7-8,12H,2,5-6,9-11H2,(H,19,25)(H,23,24)(H2,20,21,22,26). The highest BCUT2D eigenvalue weighted by Crippen LogP contribution is 2.15. The van der Waals surface area contributed by atoms with Crippen LogP contribution < -0.4 is 16.0 Å². The normalized spacial score (nSPS) is 10.2. The van der Waals surface area contributed by atoms with Crippen LogP contribution in [0.1, 0.15) is 41.7 Å². The Morgan fingerprint density at radius 2 is 1.81 bits per heavy atom. The van der Waals surface area contributed by atoms with Crippen molar-refractivity contribution in [2.75, 3.05) is 11.9 Å². The van der Waals surface area contributed by atoms with Gasteiger partial charge in [-0.15, -0.1) is 11.3 Å². The molecule has 9 heteroatoms. The van der Waals surface area contributed by atoms with E-state index in [-0.39, 0.29) is 18.0 Å². The number of carbonyl (C=O) groups is 3. The van der Waals surface area contributed by atoms with Crippen molar-refractivity contribution in [3.8, 4) is 0 Å². The van der Waals surface area contributed by atoms with Crippen molar-refractivity contribution in [3.63, 3.8) is 0 Å². The molecule has 2 aromatic rings. The van der Waals surface area contributed by atoms with Crippen LogP contribution in [-0.2, 0) is 11.3 Å². The molecule has 0 unspecified atom stereocenters. The number of nitrogens with one attached hydrogen (secondary N) is 3. The number of carboxylic acid groups (broad SMARTS) is 1. The minimum atomic E-state index is -0.811. The molecule has 0 saturated carbocycles. The number of rotatable bonds is 10. The molecule has 27 heavy (non-hydrogen) atoms. The van der Waals surface area contributed by atoms with Crippen molar-refractivity contribution < 1.29 is 19.5 Å². The molecule has 0 aliphatic rings. The SMILES string of the molecule is O=C(O)CCCCCNC(=O)c1csc(NC(=O)NCc2ccccc2)n1. The molecule has 0 spiro atoms. The second kappa shape index (κ2) is 10.9. The van der Waals surface area contributed by atoms with Crippen LogP contribution in [0.4, 0.5) is 9.93 Å². The Morgan fingerprint density at radius 1 is 1.04 bits per heavy atom. The number of carboxylic acids is 1. The van der Waals surface area contributed by atoms with Gasteiger partial charge in [0.25, 0.3) is 5.91 Å². The van der Waals surface area contributed by atoms with E-state index in [9.17, 15) is 14.4 Å². The predicted octanol–water partition coefficient (Wildman–Crippen LogP) is 2.84. The lowest BCUT2D eigenvalue weighted by Gasteiger charge is -2.05. The van der Waals surface area contributed by atoms with Gasteiger partial charge in [-0.25, -0.2) is 9.78 Å². The van der Waals surface area contributed by atoms with Gasteiger partial charge >= 0.3 is 12.0 Å². The maximum absolute atomic E-state index is 12.0. The molecule has 8 nitrogen and oxygen atoms in total. The third-order valence-corrected chi connectivity index (χ3v) is 4.36. The van der Waals surface area contributed by atoms with Crippen molar-refractivity contribution in [2.45, 2.75) is 32.2 Å². The average Bonchev–Trinajstić information content (AvgIpc) is 3.12. The maximum Gasteiger partial charge on any atom is 0.321 e. The van der Waals surface area contributed by atoms with Gasteiger partial charge in [0.1, 0.15) is 5.69 Å². The van der Waals surface area contributed by atoms with Gasteiger partial charge in [0.15, 0.2) is 5.13 Å². The minimum Gasteiger partial charge on any atom is -0.481 e. The lowest BCUT2D eigenvalue weighted by atomic mass is 10.2. The zero-order valence-electron chi connectivity index (χ0n) is 14.7. The Bertz CT molecular complexity index is 764. The zero-order valence-corrected chi connectivity index (χ0v) is 15.6. The van der Waals surface area contributed by atoms with Gasteiger partial charge < -0.3 is 15.7 Å². The van der Waals surface area contributed by atoms with Gasteiger partial charge in [0, 0.05) is 24.9 Å². The Morgan fingerprint density at radius 3 is 2.56 bits per heavy atom. The molecule has 4 N–H and O–H groups in total. The smallest absolute Gasteiger partial charge is 0.321 e. The van der Waals surface area contributed by atoms with Crippen LogP contribution in [-0.4, -0.2) is 34.5 Å². The van der Waals surface area contributed by atoms with Gasteiger partial charge in [-0.3, -0.25) is 14.9 Å². The second-order valence-corrected chi connectivity index (χ2v) is 6.65. The van der Waals surface area contributed by atoms with Crippen LogP contribution in [0, 0.1) is 0 Å². The highest BCUT2D eigenvalue weighted by Gasteiger charge is 2.12. The molecular formula is C18H22N4O4S. The molecule has 0 atom stereocenters. The molecule has 144 valence electrons. The minimum absolute atomic E-state index is 0.140. The van der Waals surface area contributed by atoms with Gasteiger partial charge in [-0.1, -0.05) is 36.8 Å². The zero-order chi connectivity index (χ0) is 19.5. The van der Waals surface area contributed by atoms with Crippen LogP contribution in [0.2, 0.25) is 0 Å². The summed E-state index contributed by atoms with van der Waals surface area (Å²) in [5.74, 6) is -1.13. The van der Waals surface area contributed by atoms with Crippen LogP contribution in [0.3, 0.4) is 0 Å². The first-order chi connectivity index (χ1) is 13.0. The molecule has 1 aromatic carbocycles. The highest BCUT2D eigenvalue weighted by molar-refractivity contribution is 7.14. The monoisotopic (exact) mass is 390 g/mol. The second-order valence-electron chi connectivity index (χ2n) is 5.79. The fourth-order valence-corrected chi connectivity index (χ4v) is 2.91. The number of aromatic nitrogens is 1. The number of urea groups is 1. The van der Waals surface area contributed by atoms with Crippen molar-refractivity contribution in [1.82, 2.24) is 15.6 Å². The first kappa shape index (κ1) is 20.4. The fourth-order valence-electron chi connectivity index (χ4n) is 2.23. The summed E-state index contributed by atoms with van der Waals surface area (Å²) in [6.07, 6.45) is 2.17. The Kier molecular flexibility index (Phi) is 8.24. The molecule has 1 heterocycles. The van der Waals surface area contributed by atoms with Gasteiger partial charge in [0.2, 0.25) is 0 Å². The average molecular weight is 390 g/mol. The maximum atomic E-state index is 12.0. The molecule has 0 saturated heterocycles. The summed E-state index contributed by atoms with van der Waals surface area (Å²) in [5, 5.41) is 18.5. The van der Waals surface area contributed by atoms with Crippen LogP contribution in [0.25, 0.3) is 0 Å². The van der Waals surface area contributed by atoms with Crippen LogP contribution in [0.15, 0.2) is 35.7 Å². The number of nitrogens with zero attached hydrogens (tertiary/aromatic N) is 1. The van der Waals surface area contributed by atoms with E-state index in [1.807, 2.05) is 30.3 Å². The molecule has 1 aromatic heterocycles. The fraction of sp³-hybridized carbons (Fsp3) is 0.333. The number of carbonyl (C=O) groups excluding carboxylic acids is 2. The van der Waals surface area contributed by atoms with Gasteiger partial charge in [0.05, 0.1) is 0 Å². The summed E-state index contributed by atoms with van der Waals surface area (Å²) in [4.78, 5) is 38.4. The van der Waals surface area contributed by atoms with E-state index in [1.54, 1.807) is 5.38 Å². The molecule has 0 aliphatic heterocycles. The molecule has 0 fully saturated rings. The number of hydrogen-bond donors (Lipinski definition) is 4. The summed E-state index contributed by atoms with van der Waals surface area (Å²) in [5.41, 5.74) is 1.22. The van der Waals surface area contributed by atoms with Gasteiger partial charge in [-0.2, -0.15) is 0 Å². The lowest BCUT2D eigenvalue weighted by Crippen LogP contribution is -2.28. The largest absolute Gasteiger partial charge is 0.481 e. The highest BCUT2D eigenvalue weighted by atomic mass is 32.1. The number of unbranched alkanes of at least 4 members (excludes halogenated alkanes) is 2. The van der Waals surface area contributed by atoms with Gasteiger partial charge in [-0.05, 0) is 18.4 Å². The number of hydrogen-bond acceptors (Lipinski definition) is 5. The molecule has 3 amide bonds. The number of thiazole rings is 1.